The highest BCUT2D eigenvalue weighted by atomic mass is 16.6. The van der Waals surface area contributed by atoms with Gasteiger partial charge in [-0.1, -0.05) is 0 Å². The minimum Gasteiger partial charge on any atom is -0.472 e. The van der Waals surface area contributed by atoms with E-state index < -0.39 is 21.9 Å². The Morgan fingerprint density at radius 2 is 2.09 bits per heavy atom. The molecule has 3 rings (SSSR count). The maximum atomic E-state index is 12.5. The highest BCUT2D eigenvalue weighted by Crippen LogP contribution is 2.30. The van der Waals surface area contributed by atoms with Gasteiger partial charge in [-0.3, -0.25) is 19.5 Å². The van der Waals surface area contributed by atoms with Gasteiger partial charge in [0.05, 0.1) is 24.0 Å². The molecule has 1 fully saturated rings. The molecule has 0 bridgehead atoms. The summed E-state index contributed by atoms with van der Waals surface area (Å²) >= 11 is 0. The predicted octanol–water partition coefficient (Wildman–Crippen LogP) is 1.28. The first kappa shape index (κ1) is 14.3. The molecule has 2 aromatic rings. The lowest BCUT2D eigenvalue weighted by molar-refractivity contribution is -0.387. The zero-order chi connectivity index (χ0) is 15.9. The molecule has 8 nitrogen and oxygen atoms in total. The largest absolute Gasteiger partial charge is 0.472 e. The van der Waals surface area contributed by atoms with Gasteiger partial charge < -0.3 is 4.42 Å². The summed E-state index contributed by atoms with van der Waals surface area (Å²) in [6.07, 6.45) is 4.83. The van der Waals surface area contributed by atoms with Crippen molar-refractivity contribution in [2.24, 2.45) is 5.92 Å². The molecule has 0 aliphatic heterocycles. The lowest BCUT2D eigenvalue weighted by atomic mass is 10.3. The molecular formula is C14H15N3O5. The van der Waals surface area contributed by atoms with Crippen LogP contribution in [0, 0.1) is 23.0 Å². The lowest BCUT2D eigenvalue weighted by Gasteiger charge is -2.12. The standard InChI is InChI=1S/C14H15N3O5/c1-9-12(17(20)21)13(18)16(7-11-4-5-22-8-11)14(19)15(9)6-10-2-3-10/h4-5,8,10H,2-3,6-7H2,1H3. The van der Waals surface area contributed by atoms with Crippen LogP contribution in [0.2, 0.25) is 0 Å². The number of nitrogens with zero attached hydrogens (tertiary/aromatic N) is 3. The van der Waals surface area contributed by atoms with Crippen LogP contribution in [0.15, 0.2) is 32.6 Å². The van der Waals surface area contributed by atoms with E-state index >= 15 is 0 Å². The van der Waals surface area contributed by atoms with Gasteiger partial charge in [0.2, 0.25) is 0 Å². The van der Waals surface area contributed by atoms with Gasteiger partial charge in [0.1, 0.15) is 5.69 Å². The molecule has 0 N–H and O–H groups in total. The molecule has 0 unspecified atom stereocenters. The van der Waals surface area contributed by atoms with Crippen LogP contribution in [0.25, 0.3) is 0 Å². The average Bonchev–Trinajstić information content (AvgIpc) is 3.13. The Kier molecular flexibility index (Phi) is 3.44. The van der Waals surface area contributed by atoms with Crippen LogP contribution in [-0.2, 0) is 13.1 Å². The Labute approximate surface area is 124 Å². The summed E-state index contributed by atoms with van der Waals surface area (Å²) in [5, 5.41) is 11.2. The molecule has 8 heteroatoms. The predicted molar refractivity (Wildman–Crippen MR) is 76.9 cm³/mol. The second-order valence-electron chi connectivity index (χ2n) is 5.55. The van der Waals surface area contributed by atoms with Crippen LogP contribution in [-0.4, -0.2) is 14.1 Å². The second kappa shape index (κ2) is 5.28. The van der Waals surface area contributed by atoms with Crippen molar-refractivity contribution in [3.05, 3.63) is 60.8 Å². The van der Waals surface area contributed by atoms with Crippen molar-refractivity contribution in [2.75, 3.05) is 0 Å². The van der Waals surface area contributed by atoms with E-state index in [9.17, 15) is 19.7 Å². The molecular weight excluding hydrogens is 290 g/mol. The highest BCUT2D eigenvalue weighted by molar-refractivity contribution is 5.32. The number of rotatable bonds is 5. The van der Waals surface area contributed by atoms with E-state index in [1.165, 1.54) is 24.0 Å². The molecule has 2 aromatic heterocycles. The number of furan rings is 1. The van der Waals surface area contributed by atoms with Crippen LogP contribution in [0.1, 0.15) is 24.1 Å². The summed E-state index contributed by atoms with van der Waals surface area (Å²) in [6.45, 7) is 1.82. The fourth-order valence-corrected chi connectivity index (χ4v) is 2.47. The van der Waals surface area contributed by atoms with E-state index in [2.05, 4.69) is 0 Å². The van der Waals surface area contributed by atoms with Gasteiger partial charge in [0.25, 0.3) is 0 Å². The Hall–Kier alpha value is -2.64. The summed E-state index contributed by atoms with van der Waals surface area (Å²) in [7, 11) is 0. The van der Waals surface area contributed by atoms with Gasteiger partial charge in [-0.15, -0.1) is 0 Å². The molecule has 2 heterocycles. The average molecular weight is 305 g/mol. The summed E-state index contributed by atoms with van der Waals surface area (Å²) in [4.78, 5) is 35.4. The van der Waals surface area contributed by atoms with Crippen molar-refractivity contribution < 1.29 is 9.34 Å². The molecule has 0 atom stereocenters. The molecule has 1 saturated carbocycles. The van der Waals surface area contributed by atoms with Gasteiger partial charge in [-0.2, -0.15) is 0 Å². The Morgan fingerprint density at radius 1 is 1.36 bits per heavy atom. The SMILES string of the molecule is Cc1c([N+](=O)[O-])c(=O)n(Cc2ccoc2)c(=O)n1CC1CC1. The van der Waals surface area contributed by atoms with Gasteiger partial charge in [-0.05, 0) is 31.7 Å². The van der Waals surface area contributed by atoms with Crippen molar-refractivity contribution in [1.82, 2.24) is 9.13 Å². The normalized spacial score (nSPS) is 14.2. The van der Waals surface area contributed by atoms with E-state index in [1.807, 2.05) is 0 Å². The monoisotopic (exact) mass is 305 g/mol. The quantitative estimate of drug-likeness (QED) is 0.612. The minimum atomic E-state index is -0.874. The minimum absolute atomic E-state index is 0.0417. The number of nitro groups is 1. The highest BCUT2D eigenvalue weighted by Gasteiger charge is 2.29. The maximum Gasteiger partial charge on any atom is 0.353 e. The van der Waals surface area contributed by atoms with Crippen molar-refractivity contribution in [3.63, 3.8) is 0 Å². The van der Waals surface area contributed by atoms with E-state index in [0.717, 1.165) is 17.4 Å². The zero-order valence-electron chi connectivity index (χ0n) is 12.0. The molecule has 0 spiro atoms. The van der Waals surface area contributed by atoms with Crippen molar-refractivity contribution in [1.29, 1.82) is 0 Å². The number of aromatic nitrogens is 2. The molecule has 1 aliphatic rings. The molecule has 0 aromatic carbocycles. The first-order chi connectivity index (χ1) is 10.5. The van der Waals surface area contributed by atoms with Gasteiger partial charge in [0, 0.05) is 12.1 Å². The van der Waals surface area contributed by atoms with Gasteiger partial charge in [-0.25, -0.2) is 9.36 Å². The van der Waals surface area contributed by atoms with E-state index in [4.69, 9.17) is 4.42 Å². The van der Waals surface area contributed by atoms with Crippen LogP contribution >= 0.6 is 0 Å². The topological polar surface area (TPSA) is 100 Å². The fraction of sp³-hybridized carbons (Fsp3) is 0.429. The summed E-state index contributed by atoms with van der Waals surface area (Å²) in [6, 6.07) is 1.61. The van der Waals surface area contributed by atoms with Crippen LogP contribution in [0.3, 0.4) is 0 Å². The molecule has 1 aliphatic carbocycles. The molecule has 0 saturated heterocycles. The zero-order valence-corrected chi connectivity index (χ0v) is 12.0. The lowest BCUT2D eigenvalue weighted by Crippen LogP contribution is -2.42. The molecule has 0 amide bonds. The third kappa shape index (κ3) is 2.47. The molecule has 116 valence electrons. The Bertz CT molecular complexity index is 827. The number of hydrogen-bond acceptors (Lipinski definition) is 5. The van der Waals surface area contributed by atoms with E-state index in [1.54, 1.807) is 6.07 Å². The Morgan fingerprint density at radius 3 is 2.64 bits per heavy atom. The summed E-state index contributed by atoms with van der Waals surface area (Å²) < 4.78 is 7.16. The first-order valence-electron chi connectivity index (χ1n) is 6.98. The van der Waals surface area contributed by atoms with Crippen LogP contribution in [0.5, 0.6) is 0 Å². The third-order valence-corrected chi connectivity index (χ3v) is 3.90. The van der Waals surface area contributed by atoms with Crippen LogP contribution < -0.4 is 11.2 Å². The van der Waals surface area contributed by atoms with Crippen LogP contribution in [0.4, 0.5) is 5.69 Å². The smallest absolute Gasteiger partial charge is 0.353 e. The molecule has 22 heavy (non-hydrogen) atoms. The van der Waals surface area contributed by atoms with Crippen molar-refractivity contribution >= 4 is 5.69 Å². The third-order valence-electron chi connectivity index (χ3n) is 3.90. The molecule has 0 radical (unpaired) electrons. The van der Waals surface area contributed by atoms with E-state index in [0.29, 0.717) is 18.0 Å². The van der Waals surface area contributed by atoms with Gasteiger partial charge in [0.15, 0.2) is 0 Å². The summed E-state index contributed by atoms with van der Waals surface area (Å²) in [5.41, 5.74) is -1.20. The number of hydrogen-bond donors (Lipinski definition) is 0. The van der Waals surface area contributed by atoms with E-state index in [-0.39, 0.29) is 12.2 Å². The Balaban J connectivity index is 2.18. The fourth-order valence-electron chi connectivity index (χ4n) is 2.47. The van der Waals surface area contributed by atoms with Crippen molar-refractivity contribution in [3.8, 4) is 0 Å². The van der Waals surface area contributed by atoms with Gasteiger partial charge >= 0.3 is 16.9 Å². The first-order valence-corrected chi connectivity index (χ1v) is 6.98. The maximum absolute atomic E-state index is 12.5. The second-order valence-corrected chi connectivity index (χ2v) is 5.55. The summed E-state index contributed by atoms with van der Waals surface area (Å²) in [5.74, 6) is 0.357. The van der Waals surface area contributed by atoms with Crippen molar-refractivity contribution in [2.45, 2.75) is 32.9 Å².